The Hall–Kier alpha value is -2.97. The molecule has 5 rings (SSSR count). The molecule has 178 valence electrons. The van der Waals surface area contributed by atoms with Crippen molar-refractivity contribution >= 4 is 21.8 Å². The Morgan fingerprint density at radius 2 is 1.91 bits per heavy atom. The van der Waals surface area contributed by atoms with Crippen molar-refractivity contribution in [1.29, 1.82) is 0 Å². The topological polar surface area (TPSA) is 84.2 Å². The number of nitrogens with zero attached hydrogens (tertiary/aromatic N) is 2. The lowest BCUT2D eigenvalue weighted by molar-refractivity contribution is -0.0461. The van der Waals surface area contributed by atoms with Crippen molar-refractivity contribution in [3.63, 3.8) is 0 Å². The van der Waals surface area contributed by atoms with E-state index < -0.39 is 21.0 Å². The van der Waals surface area contributed by atoms with Crippen molar-refractivity contribution in [1.82, 2.24) is 9.78 Å². The highest BCUT2D eigenvalue weighted by atomic mass is 32.2. The molecule has 0 aliphatic heterocycles. The van der Waals surface area contributed by atoms with Crippen LogP contribution in [-0.2, 0) is 22.9 Å². The minimum atomic E-state index is -3.39. The second-order valence-electron chi connectivity index (χ2n) is 9.68. The van der Waals surface area contributed by atoms with E-state index in [0.717, 1.165) is 35.2 Å². The molecular weight excluding hydrogens is 453 g/mol. The fourth-order valence-corrected chi connectivity index (χ4v) is 6.10. The van der Waals surface area contributed by atoms with Crippen molar-refractivity contribution in [2.24, 2.45) is 5.41 Å². The summed E-state index contributed by atoms with van der Waals surface area (Å²) in [7, 11) is -3.39. The molecule has 0 bridgehead atoms. The van der Waals surface area contributed by atoms with Gasteiger partial charge in [0.2, 0.25) is 10.0 Å². The number of nitrogens with one attached hydrogen (secondary N) is 1. The average Bonchev–Trinajstić information content (AvgIpc) is 3.29. The number of aromatic nitrogens is 2. The smallest absolute Gasteiger partial charge is 0.229 e. The van der Waals surface area contributed by atoms with Crippen molar-refractivity contribution in [2.45, 2.75) is 44.6 Å². The molecule has 0 amide bonds. The largest absolute Gasteiger partial charge is 0.389 e. The lowest BCUT2D eigenvalue weighted by Crippen LogP contribution is -2.45. The van der Waals surface area contributed by atoms with Crippen LogP contribution >= 0.6 is 0 Å². The molecule has 34 heavy (non-hydrogen) atoms. The van der Waals surface area contributed by atoms with Crippen LogP contribution in [0.2, 0.25) is 0 Å². The summed E-state index contributed by atoms with van der Waals surface area (Å²) in [5.41, 5.74) is 4.08. The minimum Gasteiger partial charge on any atom is -0.389 e. The quantitative estimate of drug-likeness (QED) is 0.544. The second-order valence-corrected chi connectivity index (χ2v) is 11.4. The standard InChI is InChI=1S/C26H28FN3O3S/c1-25-16-19-17-28-30(22-9-7-21(27)8-10-22)24(19)15-20(25)12-14-26(25,31)13-11-18-5-3-4-6-23(18)29-34(2,32)33/h3-10,15,17,29,31H,11-14,16H2,1-2H3/t25-,26-/m0/s1. The molecule has 0 spiro atoms. The summed E-state index contributed by atoms with van der Waals surface area (Å²) in [6, 6.07) is 13.6. The number of fused-ring (bicyclic) bond motifs is 2. The van der Waals surface area contributed by atoms with Crippen LogP contribution in [0.15, 0.2) is 60.3 Å². The number of benzene rings is 2. The summed E-state index contributed by atoms with van der Waals surface area (Å²) >= 11 is 0. The molecule has 1 aromatic heterocycles. The molecule has 2 aliphatic carbocycles. The molecule has 3 aromatic rings. The van der Waals surface area contributed by atoms with Gasteiger partial charge in [-0.05, 0) is 79.6 Å². The zero-order valence-corrected chi connectivity index (χ0v) is 20.1. The van der Waals surface area contributed by atoms with Crippen LogP contribution in [0.4, 0.5) is 10.1 Å². The van der Waals surface area contributed by atoms with E-state index in [-0.39, 0.29) is 5.82 Å². The highest BCUT2D eigenvalue weighted by molar-refractivity contribution is 7.92. The second kappa shape index (κ2) is 8.06. The van der Waals surface area contributed by atoms with Crippen LogP contribution in [0.25, 0.3) is 11.8 Å². The van der Waals surface area contributed by atoms with Crippen LogP contribution in [0.1, 0.15) is 43.0 Å². The molecule has 8 heteroatoms. The fraction of sp³-hybridized carbons (Fsp3) is 0.346. The van der Waals surface area contributed by atoms with Crippen LogP contribution in [-0.4, -0.2) is 35.2 Å². The zero-order valence-electron chi connectivity index (χ0n) is 19.3. The van der Waals surface area contributed by atoms with E-state index >= 15 is 0 Å². The number of anilines is 1. The Morgan fingerprint density at radius 3 is 2.65 bits per heavy atom. The number of para-hydroxylation sites is 1. The maximum Gasteiger partial charge on any atom is 0.229 e. The van der Waals surface area contributed by atoms with Crippen LogP contribution in [0.5, 0.6) is 0 Å². The van der Waals surface area contributed by atoms with Crippen molar-refractivity contribution in [3.05, 3.63) is 82.9 Å². The number of sulfonamides is 1. The van der Waals surface area contributed by atoms with Gasteiger partial charge in [-0.15, -0.1) is 0 Å². The third-order valence-corrected chi connectivity index (χ3v) is 8.07. The van der Waals surface area contributed by atoms with E-state index in [1.165, 1.54) is 17.7 Å². The molecule has 2 aromatic carbocycles. The van der Waals surface area contributed by atoms with E-state index in [4.69, 9.17) is 0 Å². The highest BCUT2D eigenvalue weighted by Crippen LogP contribution is 2.57. The van der Waals surface area contributed by atoms with Gasteiger partial charge >= 0.3 is 0 Å². The van der Waals surface area contributed by atoms with Crippen LogP contribution in [0.3, 0.4) is 0 Å². The van der Waals surface area contributed by atoms with E-state index in [2.05, 4.69) is 22.8 Å². The third-order valence-electron chi connectivity index (χ3n) is 7.48. The van der Waals surface area contributed by atoms with Gasteiger partial charge in [-0.2, -0.15) is 5.10 Å². The Kier molecular flexibility index (Phi) is 5.41. The van der Waals surface area contributed by atoms with E-state index in [1.54, 1.807) is 24.3 Å². The summed E-state index contributed by atoms with van der Waals surface area (Å²) in [4.78, 5) is 0. The van der Waals surface area contributed by atoms with Crippen LogP contribution in [0, 0.1) is 11.2 Å². The van der Waals surface area contributed by atoms with Gasteiger partial charge in [0, 0.05) is 5.41 Å². The fourth-order valence-electron chi connectivity index (χ4n) is 5.50. The summed E-state index contributed by atoms with van der Waals surface area (Å²) in [6.45, 7) is 2.12. The molecule has 0 saturated heterocycles. The summed E-state index contributed by atoms with van der Waals surface area (Å²) < 4.78 is 41.3. The Labute approximate surface area is 199 Å². The third kappa shape index (κ3) is 3.95. The number of hydrogen-bond acceptors (Lipinski definition) is 4. The van der Waals surface area contributed by atoms with E-state index in [1.807, 2.05) is 23.0 Å². The molecule has 1 fully saturated rings. The van der Waals surface area contributed by atoms with Gasteiger partial charge < -0.3 is 5.11 Å². The van der Waals surface area contributed by atoms with Crippen molar-refractivity contribution in [2.75, 3.05) is 11.0 Å². The molecule has 2 atom stereocenters. The van der Waals surface area contributed by atoms with Crippen LogP contribution < -0.4 is 4.72 Å². The molecule has 0 radical (unpaired) electrons. The maximum atomic E-state index is 13.4. The summed E-state index contributed by atoms with van der Waals surface area (Å²) in [5, 5.41) is 16.4. The van der Waals surface area contributed by atoms with Crippen molar-refractivity contribution in [3.8, 4) is 5.69 Å². The predicted molar refractivity (Wildman–Crippen MR) is 131 cm³/mol. The van der Waals surface area contributed by atoms with Gasteiger partial charge in [0.25, 0.3) is 0 Å². The van der Waals surface area contributed by atoms with E-state index in [9.17, 15) is 17.9 Å². The first-order chi connectivity index (χ1) is 16.1. The molecular formula is C26H28FN3O3S. The van der Waals surface area contributed by atoms with Crippen molar-refractivity contribution < 1.29 is 17.9 Å². The molecule has 2 aliphatic rings. The molecule has 0 unspecified atom stereocenters. The predicted octanol–water partition coefficient (Wildman–Crippen LogP) is 4.49. The van der Waals surface area contributed by atoms with Gasteiger partial charge in [-0.25, -0.2) is 17.5 Å². The van der Waals surface area contributed by atoms with Gasteiger partial charge in [0.1, 0.15) is 5.82 Å². The molecule has 1 heterocycles. The number of aliphatic hydroxyl groups is 1. The maximum absolute atomic E-state index is 13.4. The lowest BCUT2D eigenvalue weighted by Gasteiger charge is -2.42. The molecule has 1 saturated carbocycles. The van der Waals surface area contributed by atoms with Gasteiger partial charge in [0.15, 0.2) is 0 Å². The monoisotopic (exact) mass is 481 g/mol. The normalized spacial score (nSPS) is 23.8. The average molecular weight is 482 g/mol. The minimum absolute atomic E-state index is 0.287. The van der Waals surface area contributed by atoms with Gasteiger partial charge in [0.05, 0.1) is 35.1 Å². The summed E-state index contributed by atoms with van der Waals surface area (Å²) in [6.07, 6.45) is 8.26. The molecule has 2 N–H and O–H groups in total. The lowest BCUT2D eigenvalue weighted by atomic mass is 9.65. The summed E-state index contributed by atoms with van der Waals surface area (Å²) in [5.74, 6) is -0.287. The first-order valence-electron chi connectivity index (χ1n) is 11.4. The zero-order chi connectivity index (χ0) is 24.1. The van der Waals surface area contributed by atoms with Gasteiger partial charge in [-0.3, -0.25) is 4.72 Å². The first-order valence-corrected chi connectivity index (χ1v) is 13.3. The Bertz CT molecular complexity index is 1380. The highest BCUT2D eigenvalue weighted by Gasteiger charge is 2.54. The number of aryl methyl sites for hydroxylation is 1. The number of halogens is 1. The van der Waals surface area contributed by atoms with E-state index in [0.29, 0.717) is 31.4 Å². The first kappa shape index (κ1) is 22.8. The Balaban J connectivity index is 1.41. The SMILES string of the molecule is C[C@]12Cc3cnn(-c4ccc(F)cc4)c3C=C1CC[C@@]2(O)CCc1ccccc1NS(C)(=O)=O. The Morgan fingerprint density at radius 1 is 1.18 bits per heavy atom. The molecule has 6 nitrogen and oxygen atoms in total. The van der Waals surface area contributed by atoms with Gasteiger partial charge in [-0.1, -0.05) is 30.7 Å². The number of rotatable bonds is 6. The number of hydrogen-bond donors (Lipinski definition) is 2.